The van der Waals surface area contributed by atoms with Crippen molar-refractivity contribution < 1.29 is 14.6 Å². The summed E-state index contributed by atoms with van der Waals surface area (Å²) in [5.74, 6) is -0.661. The van der Waals surface area contributed by atoms with Crippen LogP contribution in [0.4, 0.5) is 0 Å². The van der Waals surface area contributed by atoms with Crippen LogP contribution in [0.3, 0.4) is 0 Å². The number of hydrogen-bond acceptors (Lipinski definition) is 4. The molecule has 0 saturated carbocycles. The molecule has 5 heteroatoms. The van der Waals surface area contributed by atoms with Gasteiger partial charge in [0.05, 0.1) is 12.3 Å². The zero-order chi connectivity index (χ0) is 14.8. The first-order valence-electron chi connectivity index (χ1n) is 6.64. The minimum absolute atomic E-state index is 0.120. The summed E-state index contributed by atoms with van der Waals surface area (Å²) >= 11 is 0. The van der Waals surface area contributed by atoms with E-state index in [1.807, 2.05) is 30.3 Å². The number of fused-ring (bicyclic) bond motifs is 1. The second kappa shape index (κ2) is 5.28. The molecule has 0 bridgehead atoms. The molecule has 0 saturated heterocycles. The van der Waals surface area contributed by atoms with Crippen LogP contribution in [0.15, 0.2) is 48.7 Å². The van der Waals surface area contributed by atoms with Crippen LogP contribution in [0.5, 0.6) is 5.75 Å². The molecule has 1 N–H and O–H groups in total. The second-order valence-corrected chi connectivity index (χ2v) is 4.52. The maximum Gasteiger partial charge on any atom is 0.342 e. The van der Waals surface area contributed by atoms with Gasteiger partial charge in [-0.05, 0) is 19.1 Å². The van der Waals surface area contributed by atoms with E-state index in [9.17, 15) is 9.90 Å². The number of aromatic nitrogens is 2. The van der Waals surface area contributed by atoms with E-state index in [0.29, 0.717) is 5.52 Å². The number of ether oxygens (including phenoxy) is 1. The molecule has 1 aromatic carbocycles. The number of esters is 1. The molecule has 0 amide bonds. The summed E-state index contributed by atoms with van der Waals surface area (Å²) in [6, 6.07) is 12.9. The van der Waals surface area contributed by atoms with Crippen molar-refractivity contribution >= 4 is 11.5 Å². The summed E-state index contributed by atoms with van der Waals surface area (Å²) in [5, 5.41) is 14.6. The van der Waals surface area contributed by atoms with E-state index in [4.69, 9.17) is 4.74 Å². The van der Waals surface area contributed by atoms with Crippen LogP contribution in [0.2, 0.25) is 0 Å². The SMILES string of the molecule is CCOC(=O)c1ccn2nc(-c3ccccc3)cc2c1O. The highest BCUT2D eigenvalue weighted by Gasteiger charge is 2.17. The zero-order valence-corrected chi connectivity index (χ0v) is 11.5. The first-order chi connectivity index (χ1) is 10.2. The zero-order valence-electron chi connectivity index (χ0n) is 11.5. The van der Waals surface area contributed by atoms with Crippen molar-refractivity contribution in [1.29, 1.82) is 0 Å². The van der Waals surface area contributed by atoms with E-state index < -0.39 is 5.97 Å². The minimum atomic E-state index is -0.542. The highest BCUT2D eigenvalue weighted by atomic mass is 16.5. The maximum atomic E-state index is 11.8. The summed E-state index contributed by atoms with van der Waals surface area (Å²) in [6.45, 7) is 1.98. The molecule has 0 aliphatic heterocycles. The van der Waals surface area contributed by atoms with E-state index in [2.05, 4.69) is 5.10 Å². The molecule has 5 nitrogen and oxygen atoms in total. The van der Waals surface area contributed by atoms with Gasteiger partial charge in [-0.2, -0.15) is 5.10 Å². The van der Waals surface area contributed by atoms with Gasteiger partial charge in [0.15, 0.2) is 5.75 Å². The average molecular weight is 282 g/mol. The number of carbonyl (C=O) groups excluding carboxylic acids is 1. The number of pyridine rings is 1. The van der Waals surface area contributed by atoms with Crippen molar-refractivity contribution in [2.75, 3.05) is 6.61 Å². The Bertz CT molecular complexity index is 794. The monoisotopic (exact) mass is 282 g/mol. The maximum absolute atomic E-state index is 11.8. The summed E-state index contributed by atoms with van der Waals surface area (Å²) in [7, 11) is 0. The van der Waals surface area contributed by atoms with E-state index in [0.717, 1.165) is 11.3 Å². The quantitative estimate of drug-likeness (QED) is 0.750. The molecule has 21 heavy (non-hydrogen) atoms. The summed E-state index contributed by atoms with van der Waals surface area (Å²) in [6.07, 6.45) is 1.63. The number of aromatic hydroxyl groups is 1. The van der Waals surface area contributed by atoms with Crippen LogP contribution in [-0.2, 0) is 4.74 Å². The lowest BCUT2D eigenvalue weighted by atomic mass is 10.1. The van der Waals surface area contributed by atoms with Crippen molar-refractivity contribution in [2.24, 2.45) is 0 Å². The Kier molecular flexibility index (Phi) is 3.31. The van der Waals surface area contributed by atoms with Crippen LogP contribution >= 0.6 is 0 Å². The van der Waals surface area contributed by atoms with E-state index in [1.165, 1.54) is 6.07 Å². The van der Waals surface area contributed by atoms with E-state index in [-0.39, 0.29) is 17.9 Å². The molecule has 2 aromatic heterocycles. The average Bonchev–Trinajstić information content (AvgIpc) is 2.94. The first kappa shape index (κ1) is 13.2. The number of rotatable bonds is 3. The fourth-order valence-corrected chi connectivity index (χ4v) is 2.17. The van der Waals surface area contributed by atoms with Gasteiger partial charge in [-0.1, -0.05) is 30.3 Å². The summed E-state index contributed by atoms with van der Waals surface area (Å²) in [4.78, 5) is 11.8. The molecular formula is C16H14N2O3. The third-order valence-corrected chi connectivity index (χ3v) is 3.18. The predicted molar refractivity (Wildman–Crippen MR) is 78.2 cm³/mol. The molecule has 106 valence electrons. The number of nitrogens with zero attached hydrogens (tertiary/aromatic N) is 2. The predicted octanol–water partition coefficient (Wildman–Crippen LogP) is 2.88. The van der Waals surface area contributed by atoms with Gasteiger partial charge in [0.2, 0.25) is 0 Å². The first-order valence-corrected chi connectivity index (χ1v) is 6.64. The lowest BCUT2D eigenvalue weighted by Gasteiger charge is -2.04. The van der Waals surface area contributed by atoms with E-state index in [1.54, 1.807) is 23.7 Å². The van der Waals surface area contributed by atoms with Crippen molar-refractivity contribution in [2.45, 2.75) is 6.92 Å². The van der Waals surface area contributed by atoms with Crippen LogP contribution in [0.25, 0.3) is 16.8 Å². The van der Waals surface area contributed by atoms with Gasteiger partial charge in [0, 0.05) is 11.8 Å². The fourth-order valence-electron chi connectivity index (χ4n) is 2.17. The van der Waals surface area contributed by atoms with E-state index >= 15 is 0 Å². The standard InChI is InChI=1S/C16H14N2O3/c1-2-21-16(20)12-8-9-18-14(15(12)19)10-13(17-18)11-6-4-3-5-7-11/h3-10,19H,2H2,1H3. The molecular weight excluding hydrogens is 268 g/mol. The van der Waals surface area contributed by atoms with Crippen LogP contribution < -0.4 is 0 Å². The smallest absolute Gasteiger partial charge is 0.342 e. The Hall–Kier alpha value is -2.82. The highest BCUT2D eigenvalue weighted by molar-refractivity contribution is 5.95. The Morgan fingerprint density at radius 2 is 2.05 bits per heavy atom. The van der Waals surface area contributed by atoms with Gasteiger partial charge in [0.25, 0.3) is 0 Å². The molecule has 0 fully saturated rings. The molecule has 3 rings (SSSR count). The van der Waals surface area contributed by atoms with Crippen molar-refractivity contribution in [3.05, 3.63) is 54.2 Å². The Morgan fingerprint density at radius 3 is 2.76 bits per heavy atom. The Balaban J connectivity index is 2.10. The van der Waals surface area contributed by atoms with Gasteiger partial charge in [-0.25, -0.2) is 9.31 Å². The van der Waals surface area contributed by atoms with Crippen LogP contribution in [-0.4, -0.2) is 27.3 Å². The molecule has 0 radical (unpaired) electrons. The van der Waals surface area contributed by atoms with Crippen LogP contribution in [0, 0.1) is 0 Å². The van der Waals surface area contributed by atoms with Gasteiger partial charge >= 0.3 is 5.97 Å². The van der Waals surface area contributed by atoms with Gasteiger partial charge in [-0.3, -0.25) is 0 Å². The molecule has 2 heterocycles. The number of benzene rings is 1. The lowest BCUT2D eigenvalue weighted by Crippen LogP contribution is -2.05. The van der Waals surface area contributed by atoms with Crippen molar-refractivity contribution in [1.82, 2.24) is 9.61 Å². The Morgan fingerprint density at radius 1 is 1.29 bits per heavy atom. The highest BCUT2D eigenvalue weighted by Crippen LogP contribution is 2.28. The van der Waals surface area contributed by atoms with Gasteiger partial charge in [0.1, 0.15) is 11.1 Å². The topological polar surface area (TPSA) is 63.8 Å². The number of carbonyl (C=O) groups is 1. The lowest BCUT2D eigenvalue weighted by molar-refractivity contribution is 0.0523. The number of hydrogen-bond donors (Lipinski definition) is 1. The fraction of sp³-hybridized carbons (Fsp3) is 0.125. The second-order valence-electron chi connectivity index (χ2n) is 4.52. The molecule has 0 aliphatic rings. The third kappa shape index (κ3) is 2.33. The largest absolute Gasteiger partial charge is 0.505 e. The normalized spacial score (nSPS) is 10.7. The van der Waals surface area contributed by atoms with Crippen molar-refractivity contribution in [3.8, 4) is 17.0 Å². The summed E-state index contributed by atoms with van der Waals surface area (Å²) in [5.41, 5.74) is 2.29. The molecule has 0 aliphatic carbocycles. The van der Waals surface area contributed by atoms with Gasteiger partial charge < -0.3 is 9.84 Å². The Labute approximate surface area is 121 Å². The molecule has 0 atom stereocenters. The van der Waals surface area contributed by atoms with Crippen molar-refractivity contribution in [3.63, 3.8) is 0 Å². The van der Waals surface area contributed by atoms with Crippen LogP contribution in [0.1, 0.15) is 17.3 Å². The third-order valence-electron chi connectivity index (χ3n) is 3.18. The molecule has 3 aromatic rings. The summed E-state index contributed by atoms with van der Waals surface area (Å²) < 4.78 is 6.46. The van der Waals surface area contributed by atoms with Gasteiger partial charge in [-0.15, -0.1) is 0 Å². The molecule has 0 spiro atoms. The molecule has 0 unspecified atom stereocenters. The minimum Gasteiger partial charge on any atom is -0.505 e.